The highest BCUT2D eigenvalue weighted by Crippen LogP contribution is 2.24. The number of hydrogen-bond donors (Lipinski definition) is 3. The molecule has 1 saturated heterocycles. The fourth-order valence-electron chi connectivity index (χ4n) is 3.41. The Labute approximate surface area is 161 Å². The average Bonchev–Trinajstić information content (AvgIpc) is 3.07. The largest absolute Gasteiger partial charge is 0.339 e. The molecule has 1 aromatic heterocycles. The highest BCUT2D eigenvalue weighted by molar-refractivity contribution is 7.92. The fraction of sp³-hybridized carbons (Fsp3) is 0.263. The molecular formula is C19H20N4O4S. The highest BCUT2D eigenvalue weighted by Gasteiger charge is 2.23. The van der Waals surface area contributed by atoms with E-state index >= 15 is 0 Å². The zero-order valence-corrected chi connectivity index (χ0v) is 15.9. The van der Waals surface area contributed by atoms with Gasteiger partial charge in [-0.1, -0.05) is 12.1 Å². The second-order valence-corrected chi connectivity index (χ2v) is 8.47. The van der Waals surface area contributed by atoms with Crippen molar-refractivity contribution in [2.45, 2.75) is 24.2 Å². The Kier molecular flexibility index (Phi) is 4.68. The lowest BCUT2D eigenvalue weighted by molar-refractivity contribution is 0.0725. The number of H-pyrrole nitrogens is 2. The van der Waals surface area contributed by atoms with Gasteiger partial charge in [-0.05, 0) is 49.6 Å². The summed E-state index contributed by atoms with van der Waals surface area (Å²) in [6.07, 6.45) is 3.00. The lowest BCUT2D eigenvalue weighted by Crippen LogP contribution is -2.36. The Morgan fingerprint density at radius 1 is 0.964 bits per heavy atom. The predicted molar refractivity (Wildman–Crippen MR) is 106 cm³/mol. The first-order chi connectivity index (χ1) is 13.4. The van der Waals surface area contributed by atoms with Crippen LogP contribution in [0, 0.1) is 0 Å². The van der Waals surface area contributed by atoms with Crippen LogP contribution in [0.4, 0.5) is 5.69 Å². The third-order valence-corrected chi connectivity index (χ3v) is 6.21. The summed E-state index contributed by atoms with van der Waals surface area (Å²) in [7, 11) is -3.94. The van der Waals surface area contributed by atoms with E-state index < -0.39 is 15.7 Å². The van der Waals surface area contributed by atoms with E-state index in [0.717, 1.165) is 19.3 Å². The number of imidazole rings is 1. The number of fused-ring (bicyclic) bond motifs is 1. The van der Waals surface area contributed by atoms with Crippen LogP contribution in [0.3, 0.4) is 0 Å². The van der Waals surface area contributed by atoms with Gasteiger partial charge in [0.15, 0.2) is 0 Å². The van der Waals surface area contributed by atoms with E-state index in [2.05, 4.69) is 14.7 Å². The number of anilines is 1. The zero-order valence-electron chi connectivity index (χ0n) is 15.1. The van der Waals surface area contributed by atoms with Crippen LogP contribution >= 0.6 is 0 Å². The number of benzene rings is 2. The fourth-order valence-corrected chi connectivity index (χ4v) is 4.51. The molecular weight excluding hydrogens is 380 g/mol. The van der Waals surface area contributed by atoms with Crippen LogP contribution in [0.1, 0.15) is 29.6 Å². The van der Waals surface area contributed by atoms with E-state index in [1.54, 1.807) is 29.2 Å². The zero-order chi connectivity index (χ0) is 19.7. The standard InChI is InChI=1S/C19H20N4O4S/c24-18(23-10-4-1-5-11-23)14-6-2-3-7-15(14)22-28(26,27)13-8-9-16-17(12-13)21-19(25)20-16/h2-3,6-9,12,22H,1,4-5,10-11H2,(H2,20,21,25). The minimum Gasteiger partial charge on any atom is -0.339 e. The van der Waals surface area contributed by atoms with Crippen LogP contribution in [0.25, 0.3) is 11.0 Å². The highest BCUT2D eigenvalue weighted by atomic mass is 32.2. The Morgan fingerprint density at radius 3 is 2.46 bits per heavy atom. The second kappa shape index (κ2) is 7.16. The van der Waals surface area contributed by atoms with Gasteiger partial charge < -0.3 is 14.9 Å². The second-order valence-electron chi connectivity index (χ2n) is 6.79. The molecule has 0 atom stereocenters. The molecule has 4 rings (SSSR count). The quantitative estimate of drug-likeness (QED) is 0.623. The van der Waals surface area contributed by atoms with Crippen LogP contribution in [0.5, 0.6) is 0 Å². The summed E-state index contributed by atoms with van der Waals surface area (Å²) in [5.74, 6) is -0.177. The number of para-hydroxylation sites is 1. The molecule has 0 radical (unpaired) electrons. The molecule has 0 bridgehead atoms. The van der Waals surface area contributed by atoms with E-state index in [1.165, 1.54) is 18.2 Å². The van der Waals surface area contributed by atoms with Gasteiger partial charge in [-0.25, -0.2) is 13.2 Å². The number of nitrogens with one attached hydrogen (secondary N) is 3. The number of amides is 1. The number of hydrogen-bond acceptors (Lipinski definition) is 4. The molecule has 28 heavy (non-hydrogen) atoms. The van der Waals surface area contributed by atoms with Crippen molar-refractivity contribution in [3.05, 3.63) is 58.5 Å². The van der Waals surface area contributed by atoms with E-state index in [1.807, 2.05) is 0 Å². The maximum atomic E-state index is 12.9. The van der Waals surface area contributed by atoms with Crippen LogP contribution < -0.4 is 10.4 Å². The maximum absolute atomic E-state index is 12.9. The first-order valence-electron chi connectivity index (χ1n) is 9.07. The molecule has 0 spiro atoms. The van der Waals surface area contributed by atoms with Gasteiger partial charge >= 0.3 is 5.69 Å². The van der Waals surface area contributed by atoms with Crippen molar-refractivity contribution >= 4 is 32.7 Å². The molecule has 0 unspecified atom stereocenters. The summed E-state index contributed by atoms with van der Waals surface area (Å²) < 4.78 is 28.2. The first-order valence-corrected chi connectivity index (χ1v) is 10.6. The number of aromatic amines is 2. The average molecular weight is 400 g/mol. The van der Waals surface area contributed by atoms with E-state index in [-0.39, 0.29) is 16.5 Å². The van der Waals surface area contributed by atoms with Crippen LogP contribution in [0.15, 0.2) is 52.2 Å². The molecule has 2 heterocycles. The molecule has 0 aliphatic carbocycles. The van der Waals surface area contributed by atoms with E-state index in [4.69, 9.17) is 0 Å². The van der Waals surface area contributed by atoms with Crippen molar-refractivity contribution < 1.29 is 13.2 Å². The molecule has 9 heteroatoms. The molecule has 3 N–H and O–H groups in total. The summed E-state index contributed by atoms with van der Waals surface area (Å²) in [4.78, 5) is 31.1. The third kappa shape index (κ3) is 3.53. The van der Waals surface area contributed by atoms with Crippen LogP contribution in [-0.2, 0) is 10.0 Å². The minimum absolute atomic E-state index is 0.00419. The summed E-state index contributed by atoms with van der Waals surface area (Å²) in [6.45, 7) is 1.36. The Hall–Kier alpha value is -3.07. The molecule has 1 amide bonds. The monoisotopic (exact) mass is 400 g/mol. The van der Waals surface area contributed by atoms with Gasteiger partial charge in [-0.15, -0.1) is 0 Å². The third-order valence-electron chi connectivity index (χ3n) is 4.84. The van der Waals surface area contributed by atoms with Crippen LogP contribution in [0.2, 0.25) is 0 Å². The van der Waals surface area contributed by atoms with Crippen molar-refractivity contribution in [2.75, 3.05) is 17.8 Å². The Balaban J connectivity index is 1.65. The van der Waals surface area contributed by atoms with E-state index in [9.17, 15) is 18.0 Å². The molecule has 3 aromatic rings. The summed E-state index contributed by atoms with van der Waals surface area (Å²) in [5, 5.41) is 0. The number of likely N-dealkylation sites (tertiary alicyclic amines) is 1. The lowest BCUT2D eigenvalue weighted by atomic mass is 10.1. The number of aromatic nitrogens is 2. The van der Waals surface area contributed by atoms with Crippen molar-refractivity contribution in [3.8, 4) is 0 Å². The van der Waals surface area contributed by atoms with Gasteiger partial charge in [0.25, 0.3) is 15.9 Å². The normalized spacial score (nSPS) is 14.9. The van der Waals surface area contributed by atoms with Gasteiger partial charge in [-0.2, -0.15) is 0 Å². The molecule has 8 nitrogen and oxygen atoms in total. The van der Waals surface area contributed by atoms with Crippen molar-refractivity contribution in [1.82, 2.24) is 14.9 Å². The summed E-state index contributed by atoms with van der Waals surface area (Å²) in [5.41, 5.74) is 1.06. The number of nitrogens with zero attached hydrogens (tertiary/aromatic N) is 1. The topological polar surface area (TPSA) is 115 Å². The van der Waals surface area contributed by atoms with Gasteiger partial charge in [0.05, 0.1) is 27.2 Å². The van der Waals surface area contributed by atoms with E-state index in [0.29, 0.717) is 29.7 Å². The number of piperidine rings is 1. The van der Waals surface area contributed by atoms with Crippen molar-refractivity contribution in [1.29, 1.82) is 0 Å². The first kappa shape index (κ1) is 18.3. The summed E-state index contributed by atoms with van der Waals surface area (Å²) in [6, 6.07) is 10.9. The minimum atomic E-state index is -3.94. The van der Waals surface area contributed by atoms with Crippen LogP contribution in [-0.4, -0.2) is 42.3 Å². The summed E-state index contributed by atoms with van der Waals surface area (Å²) >= 11 is 0. The Bertz CT molecular complexity index is 1190. The van der Waals surface area contributed by atoms with Gasteiger partial charge in [0, 0.05) is 13.1 Å². The van der Waals surface area contributed by atoms with Gasteiger partial charge in [-0.3, -0.25) is 9.52 Å². The molecule has 1 aliphatic heterocycles. The smallest absolute Gasteiger partial charge is 0.323 e. The Morgan fingerprint density at radius 2 is 1.68 bits per heavy atom. The number of rotatable bonds is 4. The molecule has 1 aliphatic rings. The molecule has 2 aromatic carbocycles. The SMILES string of the molecule is O=C(c1ccccc1NS(=O)(=O)c1ccc2[nH]c(=O)[nH]c2c1)N1CCCCC1. The number of sulfonamides is 1. The number of carbonyl (C=O) groups is 1. The molecule has 0 saturated carbocycles. The van der Waals surface area contributed by atoms with Gasteiger partial charge in [0.1, 0.15) is 0 Å². The van der Waals surface area contributed by atoms with Crippen molar-refractivity contribution in [3.63, 3.8) is 0 Å². The van der Waals surface area contributed by atoms with Gasteiger partial charge in [0.2, 0.25) is 0 Å². The lowest BCUT2D eigenvalue weighted by Gasteiger charge is -2.27. The number of carbonyl (C=O) groups excluding carboxylic acids is 1. The molecule has 146 valence electrons. The maximum Gasteiger partial charge on any atom is 0.323 e. The van der Waals surface area contributed by atoms with Crippen molar-refractivity contribution in [2.24, 2.45) is 0 Å². The molecule has 1 fully saturated rings. The predicted octanol–water partition coefficient (Wildman–Crippen LogP) is 2.28.